The molecule has 2 N–H and O–H groups in total. The van der Waals surface area contributed by atoms with E-state index in [9.17, 15) is 4.79 Å². The van der Waals surface area contributed by atoms with Gasteiger partial charge in [0.05, 0.1) is 22.0 Å². The van der Waals surface area contributed by atoms with E-state index in [1.54, 1.807) is 6.20 Å². The smallest absolute Gasteiger partial charge is 0.355 e. The van der Waals surface area contributed by atoms with Crippen molar-refractivity contribution in [2.75, 3.05) is 18.0 Å². The molecule has 1 fully saturated rings. The zero-order valence-electron chi connectivity index (χ0n) is 19.7. The topological polar surface area (TPSA) is 90.3 Å². The number of thiophene rings is 1. The van der Waals surface area contributed by atoms with Gasteiger partial charge in [0, 0.05) is 53.8 Å². The number of hydrogen-bond acceptors (Lipinski definition) is 6. The SMILES string of the molecule is O=C(NC1CCN(c2cc[nH+]c(Cl)n2)CC1)c1cc2ccccc2n1Cc1cc(-c2ccc(Cl)s2)on1. The lowest BCUT2D eigenvalue weighted by atomic mass is 10.0. The van der Waals surface area contributed by atoms with E-state index in [0.717, 1.165) is 53.2 Å². The Morgan fingerprint density at radius 2 is 1.97 bits per heavy atom. The number of nitrogens with zero attached hydrogens (tertiary/aromatic N) is 4. The minimum absolute atomic E-state index is 0.0724. The summed E-state index contributed by atoms with van der Waals surface area (Å²) < 4.78 is 8.25. The Bertz CT molecular complexity index is 1570. The predicted octanol–water partition coefficient (Wildman–Crippen LogP) is 5.32. The van der Waals surface area contributed by atoms with Crippen LogP contribution in [0.15, 0.2) is 65.3 Å². The Kier molecular flexibility index (Phi) is 6.58. The van der Waals surface area contributed by atoms with E-state index in [0.29, 0.717) is 27.6 Å². The largest absolute Gasteiger partial charge is 0.395 e. The highest BCUT2D eigenvalue weighted by molar-refractivity contribution is 7.19. The molecule has 37 heavy (non-hydrogen) atoms. The van der Waals surface area contributed by atoms with E-state index in [1.165, 1.54) is 11.3 Å². The molecule has 1 aromatic carbocycles. The number of fused-ring (bicyclic) bond motifs is 1. The van der Waals surface area contributed by atoms with Crippen LogP contribution in [0.2, 0.25) is 9.62 Å². The van der Waals surface area contributed by atoms with Crippen molar-refractivity contribution in [3.8, 4) is 10.6 Å². The number of aromatic amines is 1. The first-order chi connectivity index (χ1) is 18.0. The van der Waals surface area contributed by atoms with Crippen LogP contribution in [0.4, 0.5) is 5.82 Å². The Balaban J connectivity index is 1.19. The highest BCUT2D eigenvalue weighted by Crippen LogP contribution is 2.32. The number of rotatable bonds is 6. The predicted molar refractivity (Wildman–Crippen MR) is 144 cm³/mol. The van der Waals surface area contributed by atoms with E-state index in [-0.39, 0.29) is 11.9 Å². The number of benzene rings is 1. The van der Waals surface area contributed by atoms with Crippen molar-refractivity contribution in [3.05, 3.63) is 81.8 Å². The second-order valence-corrected chi connectivity index (χ2v) is 11.0. The molecule has 6 rings (SSSR count). The molecule has 0 bridgehead atoms. The monoisotopic (exact) mass is 553 g/mol. The molecular weight excluding hydrogens is 531 g/mol. The Hall–Kier alpha value is -3.40. The lowest BCUT2D eigenvalue weighted by Gasteiger charge is -2.31. The van der Waals surface area contributed by atoms with Crippen LogP contribution in [0.1, 0.15) is 29.0 Å². The van der Waals surface area contributed by atoms with E-state index >= 15 is 0 Å². The molecule has 1 amide bonds. The van der Waals surface area contributed by atoms with Crippen molar-refractivity contribution in [1.29, 1.82) is 0 Å². The van der Waals surface area contributed by atoms with Crippen LogP contribution < -0.4 is 15.2 Å². The zero-order chi connectivity index (χ0) is 25.4. The lowest BCUT2D eigenvalue weighted by Crippen LogP contribution is -2.45. The number of carbonyl (C=O) groups excluding carboxylic acids is 1. The van der Waals surface area contributed by atoms with Crippen molar-refractivity contribution in [3.63, 3.8) is 0 Å². The Labute approximate surface area is 226 Å². The van der Waals surface area contributed by atoms with E-state index in [1.807, 2.05) is 59.2 Å². The molecule has 4 aromatic heterocycles. The highest BCUT2D eigenvalue weighted by atomic mass is 35.5. The molecule has 188 valence electrons. The Morgan fingerprint density at radius 1 is 1.14 bits per heavy atom. The fourth-order valence-corrected chi connectivity index (χ4v) is 5.86. The van der Waals surface area contributed by atoms with E-state index < -0.39 is 0 Å². The maximum Gasteiger partial charge on any atom is 0.395 e. The van der Waals surface area contributed by atoms with Crippen LogP contribution in [0, 0.1) is 0 Å². The van der Waals surface area contributed by atoms with Crippen molar-refractivity contribution in [1.82, 2.24) is 20.0 Å². The molecule has 11 heteroatoms. The fraction of sp³-hybridized carbons (Fsp3) is 0.231. The average Bonchev–Trinajstić information content (AvgIpc) is 3.64. The molecule has 5 heterocycles. The normalized spacial score (nSPS) is 14.4. The quantitative estimate of drug-likeness (QED) is 0.287. The number of aromatic nitrogens is 4. The van der Waals surface area contributed by atoms with Gasteiger partial charge in [-0.2, -0.15) is 0 Å². The highest BCUT2D eigenvalue weighted by Gasteiger charge is 2.26. The maximum absolute atomic E-state index is 13.5. The number of carbonyl (C=O) groups is 1. The van der Waals surface area contributed by atoms with Gasteiger partial charge in [0.2, 0.25) is 5.82 Å². The van der Waals surface area contributed by atoms with Crippen LogP contribution in [0.3, 0.4) is 0 Å². The van der Waals surface area contributed by atoms with Gasteiger partial charge in [-0.1, -0.05) is 35.0 Å². The third-order valence-electron chi connectivity index (χ3n) is 6.54. The number of hydrogen-bond donors (Lipinski definition) is 1. The van der Waals surface area contributed by atoms with Crippen LogP contribution in [0.5, 0.6) is 0 Å². The molecule has 0 atom stereocenters. The second kappa shape index (κ2) is 10.2. The molecule has 0 unspecified atom stereocenters. The maximum atomic E-state index is 13.5. The number of piperidine rings is 1. The van der Waals surface area contributed by atoms with Crippen LogP contribution in [-0.2, 0) is 6.54 Å². The van der Waals surface area contributed by atoms with Gasteiger partial charge >= 0.3 is 5.28 Å². The van der Waals surface area contributed by atoms with Gasteiger partial charge in [-0.05, 0) is 42.1 Å². The molecule has 1 aliphatic heterocycles. The second-order valence-electron chi connectivity index (χ2n) is 8.93. The zero-order valence-corrected chi connectivity index (χ0v) is 22.0. The summed E-state index contributed by atoms with van der Waals surface area (Å²) in [7, 11) is 0. The van der Waals surface area contributed by atoms with Crippen molar-refractivity contribution in [2.45, 2.75) is 25.4 Å². The lowest BCUT2D eigenvalue weighted by molar-refractivity contribution is -0.379. The molecular formula is C26H23Cl2N6O2S+. The van der Waals surface area contributed by atoms with Crippen LogP contribution in [-0.4, -0.2) is 39.7 Å². The molecule has 1 aliphatic rings. The van der Waals surface area contributed by atoms with Gasteiger partial charge in [0.1, 0.15) is 11.4 Å². The summed E-state index contributed by atoms with van der Waals surface area (Å²) in [6.07, 6.45) is 3.42. The summed E-state index contributed by atoms with van der Waals surface area (Å²) in [5, 5.41) is 8.86. The minimum Gasteiger partial charge on any atom is -0.355 e. The van der Waals surface area contributed by atoms with Gasteiger partial charge in [0.15, 0.2) is 5.76 Å². The molecule has 5 aromatic rings. The van der Waals surface area contributed by atoms with Crippen molar-refractivity contribution < 1.29 is 14.3 Å². The minimum atomic E-state index is -0.0983. The molecule has 0 radical (unpaired) electrons. The summed E-state index contributed by atoms with van der Waals surface area (Å²) in [6, 6.07) is 17.5. The Morgan fingerprint density at radius 3 is 2.76 bits per heavy atom. The van der Waals surface area contributed by atoms with Gasteiger partial charge in [-0.15, -0.1) is 11.3 Å². The first kappa shape index (κ1) is 24.0. The third kappa shape index (κ3) is 5.07. The number of H-pyrrole nitrogens is 1. The number of anilines is 1. The summed E-state index contributed by atoms with van der Waals surface area (Å²) in [6.45, 7) is 1.99. The van der Waals surface area contributed by atoms with E-state index in [4.69, 9.17) is 27.7 Å². The van der Waals surface area contributed by atoms with Crippen molar-refractivity contribution >= 4 is 57.2 Å². The summed E-state index contributed by atoms with van der Waals surface area (Å²) in [4.78, 5) is 23.8. The van der Waals surface area contributed by atoms with Crippen molar-refractivity contribution in [2.24, 2.45) is 0 Å². The summed E-state index contributed by atoms with van der Waals surface area (Å²) in [5.41, 5.74) is 2.30. The summed E-state index contributed by atoms with van der Waals surface area (Å²) >= 11 is 13.5. The molecule has 1 saturated heterocycles. The number of nitrogens with one attached hydrogen (secondary N) is 2. The fourth-order valence-electron chi connectivity index (χ4n) is 4.72. The van der Waals surface area contributed by atoms with Crippen LogP contribution >= 0.6 is 34.5 Å². The average molecular weight is 554 g/mol. The van der Waals surface area contributed by atoms with Gasteiger partial charge in [-0.3, -0.25) is 4.79 Å². The number of halogens is 2. The van der Waals surface area contributed by atoms with E-state index in [2.05, 4.69) is 25.3 Å². The molecule has 0 saturated carbocycles. The first-order valence-corrected chi connectivity index (χ1v) is 13.5. The number of para-hydroxylation sites is 1. The first-order valence-electron chi connectivity index (χ1n) is 11.9. The standard InChI is InChI=1S/C26H22Cl2N6O2S/c27-23-6-5-22(37-23)21-14-18(32-36-21)15-34-19-4-2-1-3-16(19)13-20(34)25(35)30-17-8-11-33(12-9-17)24-7-10-29-26(28)31-24/h1-7,10,13-14,17H,8-9,11-12,15H2,(H,30,35)/p+1. The third-order valence-corrected chi connectivity index (χ3v) is 7.98. The molecule has 0 spiro atoms. The van der Waals surface area contributed by atoms with Crippen LogP contribution in [0.25, 0.3) is 21.5 Å². The number of amides is 1. The summed E-state index contributed by atoms with van der Waals surface area (Å²) in [5.74, 6) is 1.40. The van der Waals surface area contributed by atoms with Gasteiger partial charge in [-0.25, -0.2) is 4.98 Å². The molecule has 0 aliphatic carbocycles. The van der Waals surface area contributed by atoms with Gasteiger partial charge in [0.25, 0.3) is 5.91 Å². The van der Waals surface area contributed by atoms with Gasteiger partial charge < -0.3 is 19.3 Å². The molecule has 8 nitrogen and oxygen atoms in total.